The second kappa shape index (κ2) is 6.83. The molecule has 0 fully saturated rings. The molecule has 2 aromatic carbocycles. The molecule has 0 aromatic heterocycles. The molecular weight excluding hydrogens is 372 g/mol. The maximum absolute atomic E-state index is 13.1. The van der Waals surface area contributed by atoms with E-state index in [9.17, 15) is 16.8 Å². The fourth-order valence-electron chi connectivity index (χ4n) is 3.14. The number of aryl methyl sites for hydroxylation is 3. The lowest BCUT2D eigenvalue weighted by molar-refractivity contribution is 0.581. The summed E-state index contributed by atoms with van der Waals surface area (Å²) in [6.07, 6.45) is 1.14. The van der Waals surface area contributed by atoms with Gasteiger partial charge in [0.25, 0.3) is 0 Å². The largest absolute Gasteiger partial charge is 0.240 e. The van der Waals surface area contributed by atoms with Gasteiger partial charge < -0.3 is 0 Å². The van der Waals surface area contributed by atoms with Crippen LogP contribution < -0.4 is 4.72 Å². The summed E-state index contributed by atoms with van der Waals surface area (Å²) in [5.74, 6) is 0. The molecule has 26 heavy (non-hydrogen) atoms. The van der Waals surface area contributed by atoms with Gasteiger partial charge in [0.15, 0.2) is 0 Å². The van der Waals surface area contributed by atoms with E-state index in [0.717, 1.165) is 5.56 Å². The molecule has 1 aliphatic heterocycles. The van der Waals surface area contributed by atoms with E-state index in [1.807, 2.05) is 6.07 Å². The monoisotopic (exact) mass is 390 g/mol. The summed E-state index contributed by atoms with van der Waals surface area (Å²) in [4.78, 5) is 0.189. The van der Waals surface area contributed by atoms with E-state index >= 15 is 0 Å². The van der Waals surface area contributed by atoms with Crippen LogP contribution in [0.1, 0.15) is 23.1 Å². The van der Waals surface area contributed by atoms with E-state index < -0.39 is 19.9 Å². The van der Waals surface area contributed by atoms with E-state index in [1.165, 1.54) is 6.07 Å². The van der Waals surface area contributed by atoms with Crippen LogP contribution in [0.4, 0.5) is 0 Å². The summed E-state index contributed by atoms with van der Waals surface area (Å²) >= 11 is 0. The van der Waals surface area contributed by atoms with Crippen LogP contribution >= 0.6 is 0 Å². The molecule has 1 N–H and O–H groups in total. The highest BCUT2D eigenvalue weighted by atomic mass is 32.2. The highest BCUT2D eigenvalue weighted by molar-refractivity contribution is 7.92. The smallest absolute Gasteiger partial charge is 0.218 e. The van der Waals surface area contributed by atoms with Crippen molar-refractivity contribution in [2.75, 3.05) is 6.54 Å². The molecule has 8 heteroatoms. The molecule has 0 saturated carbocycles. The lowest BCUT2D eigenvalue weighted by atomic mass is 10.0. The van der Waals surface area contributed by atoms with Gasteiger partial charge in [0, 0.05) is 13.0 Å². The Labute approximate surface area is 153 Å². The molecule has 0 aliphatic carbocycles. The van der Waals surface area contributed by atoms with Crippen LogP contribution in [0.2, 0.25) is 0 Å². The van der Waals surface area contributed by atoms with E-state index in [0.29, 0.717) is 24.0 Å². The third-order valence-electron chi connectivity index (χ3n) is 4.39. The molecule has 0 radical (unpaired) electrons. The van der Waals surface area contributed by atoms with Gasteiger partial charge in [-0.2, -0.15) is 5.26 Å². The first-order valence-corrected chi connectivity index (χ1v) is 11.1. The standard InChI is InChI=1S/C18H18N2O4S2/c1-13-11-15-8-7-14-5-2-3-6-16(14)25(21,22)18(15)12-17(13)26(23,24)20-10-4-9-19/h2-3,5-6,11-12,20H,4,7-8,10H2,1H3. The SMILES string of the molecule is Cc1cc2c(cc1S(=O)(=O)NCCC#N)S(=O)(=O)c1ccccc1CC2. The maximum Gasteiger partial charge on any atom is 0.240 e. The topological polar surface area (TPSA) is 104 Å². The Morgan fingerprint density at radius 1 is 1.12 bits per heavy atom. The number of sulfonamides is 1. The molecule has 0 amide bonds. The summed E-state index contributed by atoms with van der Waals surface area (Å²) in [7, 11) is -7.71. The predicted molar refractivity (Wildman–Crippen MR) is 95.9 cm³/mol. The van der Waals surface area contributed by atoms with Gasteiger partial charge in [-0.1, -0.05) is 24.3 Å². The highest BCUT2D eigenvalue weighted by Crippen LogP contribution is 2.34. The average molecular weight is 390 g/mol. The van der Waals surface area contributed by atoms with Gasteiger partial charge >= 0.3 is 0 Å². The zero-order valence-corrected chi connectivity index (χ0v) is 15.8. The molecule has 2 aromatic rings. The van der Waals surface area contributed by atoms with Gasteiger partial charge in [-0.15, -0.1) is 0 Å². The minimum atomic E-state index is -3.90. The summed E-state index contributed by atoms with van der Waals surface area (Å²) in [5, 5.41) is 8.58. The third-order valence-corrected chi connectivity index (χ3v) is 7.93. The van der Waals surface area contributed by atoms with Crippen molar-refractivity contribution in [3.8, 4) is 6.07 Å². The molecule has 1 heterocycles. The van der Waals surface area contributed by atoms with Crippen LogP contribution in [-0.2, 0) is 32.7 Å². The number of hydrogen-bond donors (Lipinski definition) is 1. The van der Waals surface area contributed by atoms with E-state index in [4.69, 9.17) is 5.26 Å². The van der Waals surface area contributed by atoms with Gasteiger partial charge in [-0.3, -0.25) is 0 Å². The highest BCUT2D eigenvalue weighted by Gasteiger charge is 2.30. The van der Waals surface area contributed by atoms with E-state index in [-0.39, 0.29) is 27.7 Å². The van der Waals surface area contributed by atoms with Crippen molar-refractivity contribution in [2.24, 2.45) is 0 Å². The zero-order chi connectivity index (χ0) is 18.9. The molecule has 6 nitrogen and oxygen atoms in total. The summed E-state index contributed by atoms with van der Waals surface area (Å²) < 4.78 is 53.6. The number of benzene rings is 2. The van der Waals surface area contributed by atoms with Crippen molar-refractivity contribution >= 4 is 19.9 Å². The summed E-state index contributed by atoms with van der Waals surface area (Å²) in [6, 6.07) is 11.5. The van der Waals surface area contributed by atoms with Crippen LogP contribution in [0, 0.1) is 18.3 Å². The molecule has 0 unspecified atom stereocenters. The Balaban J connectivity index is 2.16. The molecule has 0 spiro atoms. The maximum atomic E-state index is 13.1. The number of hydrogen-bond acceptors (Lipinski definition) is 5. The predicted octanol–water partition coefficient (Wildman–Crippen LogP) is 2.12. The molecular formula is C18H18N2O4S2. The number of sulfone groups is 1. The van der Waals surface area contributed by atoms with Crippen molar-refractivity contribution in [1.82, 2.24) is 4.72 Å². The Bertz CT molecular complexity index is 1110. The van der Waals surface area contributed by atoms with Crippen LogP contribution in [0.25, 0.3) is 0 Å². The second-order valence-corrected chi connectivity index (χ2v) is 9.76. The number of nitrogens with one attached hydrogen (secondary N) is 1. The first-order valence-electron chi connectivity index (χ1n) is 8.10. The van der Waals surface area contributed by atoms with E-state index in [2.05, 4.69) is 4.72 Å². The van der Waals surface area contributed by atoms with Gasteiger partial charge in [0.1, 0.15) is 0 Å². The molecule has 1 aliphatic rings. The van der Waals surface area contributed by atoms with Gasteiger partial charge in [0.2, 0.25) is 19.9 Å². The molecule has 0 bridgehead atoms. The van der Waals surface area contributed by atoms with Crippen molar-refractivity contribution in [3.05, 3.63) is 53.1 Å². The van der Waals surface area contributed by atoms with Gasteiger partial charge in [-0.05, 0) is 48.6 Å². The lowest BCUT2D eigenvalue weighted by Gasteiger charge is -2.14. The number of rotatable bonds is 4. The van der Waals surface area contributed by atoms with Crippen LogP contribution in [-0.4, -0.2) is 23.4 Å². The van der Waals surface area contributed by atoms with Crippen molar-refractivity contribution in [3.63, 3.8) is 0 Å². The quantitative estimate of drug-likeness (QED) is 0.805. The first-order chi connectivity index (χ1) is 12.3. The number of nitriles is 1. The van der Waals surface area contributed by atoms with Crippen LogP contribution in [0.15, 0.2) is 51.1 Å². The lowest BCUT2D eigenvalue weighted by Crippen LogP contribution is -2.25. The second-order valence-electron chi connectivity index (χ2n) is 6.14. The zero-order valence-electron chi connectivity index (χ0n) is 14.2. The molecule has 0 saturated heterocycles. The first kappa shape index (κ1) is 18.6. The Morgan fingerprint density at radius 2 is 1.81 bits per heavy atom. The van der Waals surface area contributed by atoms with Crippen molar-refractivity contribution < 1.29 is 16.8 Å². The van der Waals surface area contributed by atoms with Crippen LogP contribution in [0.3, 0.4) is 0 Å². The van der Waals surface area contributed by atoms with Crippen molar-refractivity contribution in [1.29, 1.82) is 5.26 Å². The van der Waals surface area contributed by atoms with Crippen molar-refractivity contribution in [2.45, 2.75) is 40.9 Å². The third kappa shape index (κ3) is 3.26. The normalized spacial score (nSPS) is 15.4. The summed E-state index contributed by atoms with van der Waals surface area (Å²) in [6.45, 7) is 1.62. The summed E-state index contributed by atoms with van der Waals surface area (Å²) in [5.41, 5.74) is 1.84. The fourth-order valence-corrected chi connectivity index (χ4v) is 6.29. The Hall–Kier alpha value is -2.21. The van der Waals surface area contributed by atoms with E-state index in [1.54, 1.807) is 37.3 Å². The molecule has 3 rings (SSSR count). The average Bonchev–Trinajstić information content (AvgIpc) is 2.69. The molecule has 136 valence electrons. The Kier molecular flexibility index (Phi) is 4.88. The van der Waals surface area contributed by atoms with Gasteiger partial charge in [0.05, 0.1) is 20.8 Å². The van der Waals surface area contributed by atoms with Gasteiger partial charge in [-0.25, -0.2) is 21.6 Å². The Morgan fingerprint density at radius 3 is 2.54 bits per heavy atom. The fraction of sp³-hybridized carbons (Fsp3) is 0.278. The minimum Gasteiger partial charge on any atom is -0.218 e. The number of fused-ring (bicyclic) bond motifs is 2. The number of nitrogens with zero attached hydrogens (tertiary/aromatic N) is 1. The van der Waals surface area contributed by atoms with Crippen LogP contribution in [0.5, 0.6) is 0 Å². The minimum absolute atomic E-state index is 0.0229. The molecule has 0 atom stereocenters.